The zero-order valence-electron chi connectivity index (χ0n) is 14.7. The lowest BCUT2D eigenvalue weighted by Crippen LogP contribution is -2.33. The number of anilines is 1. The molecular formula is C20H20ClN3O2. The Balaban J connectivity index is 1.69. The van der Waals surface area contributed by atoms with Crippen LogP contribution in [0.15, 0.2) is 59.1 Å². The van der Waals surface area contributed by atoms with Gasteiger partial charge in [-0.1, -0.05) is 53.2 Å². The van der Waals surface area contributed by atoms with E-state index in [9.17, 15) is 4.79 Å². The molecule has 0 bridgehead atoms. The topological polar surface area (TPSA) is 58.4 Å². The van der Waals surface area contributed by atoms with Crippen LogP contribution in [0.3, 0.4) is 0 Å². The Morgan fingerprint density at radius 1 is 1.15 bits per heavy atom. The van der Waals surface area contributed by atoms with E-state index in [0.717, 1.165) is 5.69 Å². The highest BCUT2D eigenvalue weighted by Crippen LogP contribution is 2.30. The van der Waals surface area contributed by atoms with E-state index in [1.807, 2.05) is 55.6 Å². The Kier molecular flexibility index (Phi) is 5.58. The second kappa shape index (κ2) is 8.06. The van der Waals surface area contributed by atoms with Gasteiger partial charge in [0, 0.05) is 31.4 Å². The maximum atomic E-state index is 12.7. The maximum Gasteiger partial charge on any atom is 0.257 e. The van der Waals surface area contributed by atoms with Gasteiger partial charge in [0.1, 0.15) is 17.0 Å². The molecule has 1 amide bonds. The minimum Gasteiger partial charge on any atom is -0.373 e. The molecule has 26 heavy (non-hydrogen) atoms. The van der Waals surface area contributed by atoms with Gasteiger partial charge in [-0.3, -0.25) is 4.79 Å². The van der Waals surface area contributed by atoms with Crippen LogP contribution in [0, 0.1) is 6.92 Å². The molecular weight excluding hydrogens is 350 g/mol. The van der Waals surface area contributed by atoms with Gasteiger partial charge in [0.25, 0.3) is 5.91 Å². The quantitative estimate of drug-likeness (QED) is 0.708. The van der Waals surface area contributed by atoms with Crippen molar-refractivity contribution in [2.75, 3.05) is 25.0 Å². The number of hydrogen-bond donors (Lipinski definition) is 1. The SMILES string of the molecule is Cc1onc(-c2ccccc2Cl)c1C(=O)NCCN(C)c1ccccc1. The first-order valence-corrected chi connectivity index (χ1v) is 8.71. The van der Waals surface area contributed by atoms with Gasteiger partial charge in [0.15, 0.2) is 0 Å². The predicted octanol–water partition coefficient (Wildman–Crippen LogP) is 4.17. The van der Waals surface area contributed by atoms with E-state index < -0.39 is 0 Å². The van der Waals surface area contributed by atoms with Crippen molar-refractivity contribution in [3.8, 4) is 11.3 Å². The summed E-state index contributed by atoms with van der Waals surface area (Å²) in [7, 11) is 1.99. The number of benzene rings is 2. The number of rotatable bonds is 6. The van der Waals surface area contributed by atoms with E-state index in [0.29, 0.717) is 40.7 Å². The fourth-order valence-electron chi connectivity index (χ4n) is 2.71. The van der Waals surface area contributed by atoms with Crippen LogP contribution in [-0.4, -0.2) is 31.2 Å². The number of aromatic nitrogens is 1. The van der Waals surface area contributed by atoms with Gasteiger partial charge in [-0.2, -0.15) is 0 Å². The maximum absolute atomic E-state index is 12.7. The summed E-state index contributed by atoms with van der Waals surface area (Å²) in [6.45, 7) is 2.90. The number of carbonyl (C=O) groups excluding carboxylic acids is 1. The summed E-state index contributed by atoms with van der Waals surface area (Å²) in [6.07, 6.45) is 0. The van der Waals surface area contributed by atoms with Crippen molar-refractivity contribution in [1.82, 2.24) is 10.5 Å². The number of hydrogen-bond acceptors (Lipinski definition) is 4. The number of carbonyl (C=O) groups is 1. The molecule has 6 heteroatoms. The number of nitrogens with one attached hydrogen (secondary N) is 1. The molecule has 0 aliphatic heterocycles. The van der Waals surface area contributed by atoms with Crippen LogP contribution in [0.5, 0.6) is 0 Å². The van der Waals surface area contributed by atoms with Gasteiger partial charge >= 0.3 is 0 Å². The molecule has 2 aromatic carbocycles. The molecule has 0 aliphatic carbocycles. The average Bonchev–Trinajstić information content (AvgIpc) is 3.04. The third-order valence-corrected chi connectivity index (χ3v) is 4.48. The van der Waals surface area contributed by atoms with E-state index in [4.69, 9.17) is 16.1 Å². The lowest BCUT2D eigenvalue weighted by atomic mass is 10.1. The molecule has 3 aromatic rings. The fraction of sp³-hybridized carbons (Fsp3) is 0.200. The smallest absolute Gasteiger partial charge is 0.257 e. The van der Waals surface area contributed by atoms with Crippen molar-refractivity contribution in [3.05, 3.63) is 70.9 Å². The number of likely N-dealkylation sites (N-methyl/N-ethyl adjacent to an activating group) is 1. The third kappa shape index (κ3) is 3.89. The number of amides is 1. The second-order valence-corrected chi connectivity index (χ2v) is 6.36. The van der Waals surface area contributed by atoms with E-state index in [1.165, 1.54) is 0 Å². The van der Waals surface area contributed by atoms with Gasteiger partial charge in [0.05, 0.1) is 5.02 Å². The average molecular weight is 370 g/mol. The standard InChI is InChI=1S/C20H20ClN3O2/c1-14-18(19(23-26-14)16-10-6-7-11-17(16)21)20(25)22-12-13-24(2)15-8-4-3-5-9-15/h3-11H,12-13H2,1-2H3,(H,22,25). The highest BCUT2D eigenvalue weighted by molar-refractivity contribution is 6.33. The minimum absolute atomic E-state index is 0.222. The van der Waals surface area contributed by atoms with Crippen LogP contribution in [0.2, 0.25) is 5.02 Å². The van der Waals surface area contributed by atoms with Crippen molar-refractivity contribution in [2.24, 2.45) is 0 Å². The molecule has 0 atom stereocenters. The molecule has 5 nitrogen and oxygen atoms in total. The van der Waals surface area contributed by atoms with Crippen molar-refractivity contribution >= 4 is 23.2 Å². The first-order chi connectivity index (χ1) is 12.6. The first-order valence-electron chi connectivity index (χ1n) is 8.33. The van der Waals surface area contributed by atoms with Gasteiger partial charge in [0.2, 0.25) is 0 Å². The molecule has 3 rings (SSSR count). The highest BCUT2D eigenvalue weighted by Gasteiger charge is 2.22. The lowest BCUT2D eigenvalue weighted by Gasteiger charge is -2.19. The summed E-state index contributed by atoms with van der Waals surface area (Å²) in [5.74, 6) is 0.244. The van der Waals surface area contributed by atoms with Crippen LogP contribution in [-0.2, 0) is 0 Å². The molecule has 0 saturated carbocycles. The Bertz CT molecular complexity index is 893. The molecule has 134 valence electrons. The Morgan fingerprint density at radius 2 is 1.85 bits per heavy atom. The normalized spacial score (nSPS) is 10.6. The first kappa shape index (κ1) is 18.0. The molecule has 0 unspecified atom stereocenters. The summed E-state index contributed by atoms with van der Waals surface area (Å²) in [5, 5.41) is 7.49. The largest absolute Gasteiger partial charge is 0.373 e. The Morgan fingerprint density at radius 3 is 2.58 bits per heavy atom. The van der Waals surface area contributed by atoms with Gasteiger partial charge in [-0.15, -0.1) is 0 Å². The van der Waals surface area contributed by atoms with E-state index in [1.54, 1.807) is 13.0 Å². The second-order valence-electron chi connectivity index (χ2n) is 5.96. The van der Waals surface area contributed by atoms with E-state index >= 15 is 0 Å². The van der Waals surface area contributed by atoms with E-state index in [2.05, 4.69) is 15.4 Å². The van der Waals surface area contributed by atoms with Crippen molar-refractivity contribution in [1.29, 1.82) is 0 Å². The molecule has 0 radical (unpaired) electrons. The third-order valence-electron chi connectivity index (χ3n) is 4.15. The van der Waals surface area contributed by atoms with Crippen LogP contribution in [0.1, 0.15) is 16.1 Å². The molecule has 1 N–H and O–H groups in total. The lowest BCUT2D eigenvalue weighted by molar-refractivity contribution is 0.0954. The van der Waals surface area contributed by atoms with Crippen LogP contribution < -0.4 is 10.2 Å². The van der Waals surface area contributed by atoms with E-state index in [-0.39, 0.29) is 5.91 Å². The molecule has 0 spiro atoms. The fourth-order valence-corrected chi connectivity index (χ4v) is 2.94. The number of para-hydroxylation sites is 1. The zero-order valence-corrected chi connectivity index (χ0v) is 15.5. The zero-order chi connectivity index (χ0) is 18.5. The molecule has 1 aromatic heterocycles. The number of aryl methyl sites for hydroxylation is 1. The Hall–Kier alpha value is -2.79. The van der Waals surface area contributed by atoms with Gasteiger partial charge < -0.3 is 14.7 Å². The van der Waals surface area contributed by atoms with Crippen molar-refractivity contribution in [2.45, 2.75) is 6.92 Å². The monoisotopic (exact) mass is 369 g/mol. The predicted molar refractivity (Wildman–Crippen MR) is 104 cm³/mol. The molecule has 0 aliphatic rings. The van der Waals surface area contributed by atoms with Crippen LogP contribution in [0.4, 0.5) is 5.69 Å². The summed E-state index contributed by atoms with van der Waals surface area (Å²) < 4.78 is 5.24. The molecule has 0 saturated heterocycles. The highest BCUT2D eigenvalue weighted by atomic mass is 35.5. The summed E-state index contributed by atoms with van der Waals surface area (Å²) >= 11 is 6.24. The molecule has 1 heterocycles. The number of nitrogens with zero attached hydrogens (tertiary/aromatic N) is 2. The van der Waals surface area contributed by atoms with Crippen LogP contribution >= 0.6 is 11.6 Å². The van der Waals surface area contributed by atoms with Gasteiger partial charge in [-0.05, 0) is 25.1 Å². The van der Waals surface area contributed by atoms with Crippen LogP contribution in [0.25, 0.3) is 11.3 Å². The van der Waals surface area contributed by atoms with Crippen molar-refractivity contribution in [3.63, 3.8) is 0 Å². The van der Waals surface area contributed by atoms with Crippen molar-refractivity contribution < 1.29 is 9.32 Å². The molecule has 0 fully saturated rings. The summed E-state index contributed by atoms with van der Waals surface area (Å²) in [4.78, 5) is 14.8. The summed E-state index contributed by atoms with van der Waals surface area (Å²) in [6, 6.07) is 17.3. The minimum atomic E-state index is -0.222. The summed E-state index contributed by atoms with van der Waals surface area (Å²) in [5.41, 5.74) is 2.65. The van der Waals surface area contributed by atoms with Gasteiger partial charge in [-0.25, -0.2) is 0 Å². The number of halogens is 1. The Labute approximate surface area is 157 Å².